The molecule has 1 aromatic rings. The van der Waals surface area contributed by atoms with Gasteiger partial charge in [0.05, 0.1) is 18.7 Å². The summed E-state index contributed by atoms with van der Waals surface area (Å²) in [5.41, 5.74) is 0.600. The largest absolute Gasteiger partial charge is 0.495 e. The van der Waals surface area contributed by atoms with E-state index >= 15 is 0 Å². The Morgan fingerprint density at radius 2 is 2.00 bits per heavy atom. The van der Waals surface area contributed by atoms with Gasteiger partial charge in [-0.15, -0.1) is 0 Å². The molecule has 122 valence electrons. The molecule has 0 saturated carbocycles. The minimum atomic E-state index is -0.828. The van der Waals surface area contributed by atoms with Crippen molar-refractivity contribution < 1.29 is 19.4 Å². The SMILES string of the molecule is CCCCC(C(=O)O)C(C)CC(=O)Nc1ccccc1OC. The summed E-state index contributed by atoms with van der Waals surface area (Å²) in [7, 11) is 1.54. The van der Waals surface area contributed by atoms with E-state index in [1.165, 1.54) is 0 Å². The fourth-order valence-corrected chi connectivity index (χ4v) is 2.46. The van der Waals surface area contributed by atoms with Crippen LogP contribution in [0.2, 0.25) is 0 Å². The lowest BCUT2D eigenvalue weighted by atomic mass is 9.87. The van der Waals surface area contributed by atoms with Gasteiger partial charge in [-0.1, -0.05) is 38.8 Å². The predicted molar refractivity (Wildman–Crippen MR) is 86.1 cm³/mol. The Morgan fingerprint density at radius 1 is 1.32 bits per heavy atom. The van der Waals surface area contributed by atoms with Gasteiger partial charge < -0.3 is 15.2 Å². The number of carbonyl (C=O) groups is 2. The molecule has 0 saturated heterocycles. The molecule has 0 spiro atoms. The number of methoxy groups -OCH3 is 1. The number of aliphatic carboxylic acids is 1. The third-order valence-corrected chi connectivity index (χ3v) is 3.76. The van der Waals surface area contributed by atoms with E-state index in [0.29, 0.717) is 17.9 Å². The van der Waals surface area contributed by atoms with Crippen LogP contribution in [0, 0.1) is 11.8 Å². The summed E-state index contributed by atoms with van der Waals surface area (Å²) in [5.74, 6) is -1.13. The number of unbranched alkanes of at least 4 members (excludes halogenated alkanes) is 1. The Balaban J connectivity index is 2.64. The Kier molecular flexibility index (Phi) is 7.43. The summed E-state index contributed by atoms with van der Waals surface area (Å²) in [5, 5.41) is 12.1. The number of hydrogen-bond acceptors (Lipinski definition) is 3. The first-order valence-electron chi connectivity index (χ1n) is 7.65. The summed E-state index contributed by atoms with van der Waals surface area (Å²) in [4.78, 5) is 23.5. The van der Waals surface area contributed by atoms with Crippen LogP contribution in [0.1, 0.15) is 39.5 Å². The van der Waals surface area contributed by atoms with Crippen LogP contribution in [0.5, 0.6) is 5.75 Å². The second kappa shape index (κ2) is 9.07. The summed E-state index contributed by atoms with van der Waals surface area (Å²) in [6.45, 7) is 3.84. The number of ether oxygens (including phenoxy) is 1. The molecule has 1 rings (SSSR count). The third kappa shape index (κ3) is 5.39. The van der Waals surface area contributed by atoms with Gasteiger partial charge in [0.15, 0.2) is 0 Å². The van der Waals surface area contributed by atoms with Gasteiger partial charge in [0, 0.05) is 6.42 Å². The molecule has 2 N–H and O–H groups in total. The van der Waals surface area contributed by atoms with E-state index in [2.05, 4.69) is 5.32 Å². The number of hydrogen-bond donors (Lipinski definition) is 2. The van der Waals surface area contributed by atoms with Gasteiger partial charge in [0.2, 0.25) is 5.91 Å². The fraction of sp³-hybridized carbons (Fsp3) is 0.529. The molecule has 1 amide bonds. The standard InChI is InChI=1S/C17H25NO4/c1-4-5-8-13(17(20)21)12(2)11-16(19)18-14-9-6-7-10-15(14)22-3/h6-7,9-10,12-13H,4-5,8,11H2,1-3H3,(H,18,19)(H,20,21). The average molecular weight is 307 g/mol. The minimum absolute atomic E-state index is 0.179. The zero-order chi connectivity index (χ0) is 16.5. The van der Waals surface area contributed by atoms with Gasteiger partial charge in [-0.25, -0.2) is 0 Å². The quantitative estimate of drug-likeness (QED) is 0.731. The van der Waals surface area contributed by atoms with Crippen molar-refractivity contribution in [1.29, 1.82) is 0 Å². The van der Waals surface area contributed by atoms with Gasteiger partial charge in [0.25, 0.3) is 0 Å². The lowest BCUT2D eigenvalue weighted by molar-refractivity contribution is -0.144. The monoisotopic (exact) mass is 307 g/mol. The lowest BCUT2D eigenvalue weighted by Crippen LogP contribution is -2.26. The van der Waals surface area contributed by atoms with Crippen molar-refractivity contribution in [2.75, 3.05) is 12.4 Å². The van der Waals surface area contributed by atoms with E-state index in [1.807, 2.05) is 26.0 Å². The summed E-state index contributed by atoms with van der Waals surface area (Å²) >= 11 is 0. The Bertz CT molecular complexity index is 501. The van der Waals surface area contributed by atoms with E-state index in [4.69, 9.17) is 4.74 Å². The molecule has 0 bridgehead atoms. The third-order valence-electron chi connectivity index (χ3n) is 3.76. The van der Waals surface area contributed by atoms with E-state index in [-0.39, 0.29) is 18.2 Å². The number of carboxylic acid groups (broad SMARTS) is 1. The molecule has 0 aliphatic heterocycles. The highest BCUT2D eigenvalue weighted by atomic mass is 16.5. The number of benzene rings is 1. The molecule has 0 aromatic heterocycles. The van der Waals surface area contributed by atoms with Gasteiger partial charge in [0.1, 0.15) is 5.75 Å². The first-order valence-corrected chi connectivity index (χ1v) is 7.65. The zero-order valence-electron chi connectivity index (χ0n) is 13.5. The Morgan fingerprint density at radius 3 is 2.59 bits per heavy atom. The highest BCUT2D eigenvalue weighted by Gasteiger charge is 2.26. The molecule has 5 nitrogen and oxygen atoms in total. The van der Waals surface area contributed by atoms with Gasteiger partial charge >= 0.3 is 5.97 Å². The first-order chi connectivity index (χ1) is 10.5. The van der Waals surface area contributed by atoms with Crippen molar-refractivity contribution in [2.45, 2.75) is 39.5 Å². The fourth-order valence-electron chi connectivity index (χ4n) is 2.46. The summed E-state index contributed by atoms with van der Waals surface area (Å²) < 4.78 is 5.18. The number of nitrogens with one attached hydrogen (secondary N) is 1. The van der Waals surface area contributed by atoms with Crippen LogP contribution < -0.4 is 10.1 Å². The number of para-hydroxylation sites is 2. The highest BCUT2D eigenvalue weighted by molar-refractivity contribution is 5.92. The number of carbonyl (C=O) groups excluding carboxylic acids is 1. The Hall–Kier alpha value is -2.04. The molecule has 0 fully saturated rings. The van der Waals surface area contributed by atoms with Crippen molar-refractivity contribution in [3.63, 3.8) is 0 Å². The minimum Gasteiger partial charge on any atom is -0.495 e. The molecule has 2 atom stereocenters. The van der Waals surface area contributed by atoms with Crippen LogP contribution in [0.15, 0.2) is 24.3 Å². The first kappa shape index (κ1) is 18.0. The smallest absolute Gasteiger partial charge is 0.306 e. The van der Waals surface area contributed by atoms with E-state index in [0.717, 1.165) is 12.8 Å². The van der Waals surface area contributed by atoms with Crippen molar-refractivity contribution in [3.05, 3.63) is 24.3 Å². The van der Waals surface area contributed by atoms with Crippen molar-refractivity contribution in [1.82, 2.24) is 0 Å². The summed E-state index contributed by atoms with van der Waals surface area (Å²) in [6.07, 6.45) is 2.59. The van der Waals surface area contributed by atoms with Crippen LogP contribution in [0.25, 0.3) is 0 Å². The Labute approximate surface area is 131 Å². The van der Waals surface area contributed by atoms with Crippen molar-refractivity contribution >= 4 is 17.6 Å². The lowest BCUT2D eigenvalue weighted by Gasteiger charge is -2.20. The second-order valence-corrected chi connectivity index (χ2v) is 5.52. The van der Waals surface area contributed by atoms with Crippen LogP contribution in [-0.4, -0.2) is 24.1 Å². The van der Waals surface area contributed by atoms with Crippen LogP contribution in [0.4, 0.5) is 5.69 Å². The number of amides is 1. The van der Waals surface area contributed by atoms with Gasteiger partial charge in [-0.3, -0.25) is 9.59 Å². The van der Waals surface area contributed by atoms with Crippen LogP contribution in [0.3, 0.4) is 0 Å². The number of anilines is 1. The average Bonchev–Trinajstić information content (AvgIpc) is 2.47. The van der Waals surface area contributed by atoms with E-state index < -0.39 is 11.9 Å². The maximum atomic E-state index is 12.1. The normalized spacial score (nSPS) is 13.2. The molecule has 2 unspecified atom stereocenters. The molecular formula is C17H25NO4. The van der Waals surface area contributed by atoms with Crippen LogP contribution in [-0.2, 0) is 9.59 Å². The maximum absolute atomic E-state index is 12.1. The topological polar surface area (TPSA) is 75.6 Å². The van der Waals surface area contributed by atoms with Gasteiger partial charge in [-0.05, 0) is 24.5 Å². The van der Waals surface area contributed by atoms with E-state index in [1.54, 1.807) is 19.2 Å². The molecule has 0 radical (unpaired) electrons. The number of rotatable bonds is 9. The van der Waals surface area contributed by atoms with Gasteiger partial charge in [-0.2, -0.15) is 0 Å². The predicted octanol–water partition coefficient (Wildman–Crippen LogP) is 3.55. The van der Waals surface area contributed by atoms with Crippen molar-refractivity contribution in [2.24, 2.45) is 11.8 Å². The maximum Gasteiger partial charge on any atom is 0.306 e. The number of carboxylic acids is 1. The zero-order valence-corrected chi connectivity index (χ0v) is 13.5. The molecule has 0 aliphatic rings. The van der Waals surface area contributed by atoms with Crippen LogP contribution >= 0.6 is 0 Å². The van der Waals surface area contributed by atoms with Crippen molar-refractivity contribution in [3.8, 4) is 5.75 Å². The molecule has 0 heterocycles. The highest BCUT2D eigenvalue weighted by Crippen LogP contribution is 2.26. The second-order valence-electron chi connectivity index (χ2n) is 5.52. The summed E-state index contributed by atoms with van der Waals surface area (Å²) in [6, 6.07) is 7.15. The molecule has 0 aliphatic carbocycles. The van der Waals surface area contributed by atoms with E-state index in [9.17, 15) is 14.7 Å². The molecule has 22 heavy (non-hydrogen) atoms. The molecule has 1 aromatic carbocycles. The molecular weight excluding hydrogens is 282 g/mol. The molecule has 5 heteroatoms.